The predicted molar refractivity (Wildman–Crippen MR) is 76.5 cm³/mol. The van der Waals surface area contributed by atoms with Gasteiger partial charge in [-0.1, -0.05) is 6.07 Å². The Labute approximate surface area is 118 Å². The van der Waals surface area contributed by atoms with Crippen LogP contribution in [-0.4, -0.2) is 30.2 Å². The van der Waals surface area contributed by atoms with E-state index >= 15 is 0 Å². The number of nitro groups is 1. The van der Waals surface area contributed by atoms with Crippen LogP contribution in [0.15, 0.2) is 23.1 Å². The van der Waals surface area contributed by atoms with Crippen molar-refractivity contribution < 1.29 is 14.5 Å². The molecule has 7 nitrogen and oxygen atoms in total. The van der Waals surface area contributed by atoms with E-state index in [2.05, 4.69) is 5.32 Å². The Morgan fingerprint density at radius 1 is 1.35 bits per heavy atom. The fraction of sp³-hybridized carbons (Fsp3) is 0.167. The Bertz CT molecular complexity index is 640. The Balaban J connectivity index is 2.42. The van der Waals surface area contributed by atoms with Gasteiger partial charge in [0.1, 0.15) is 5.69 Å². The molecule has 2 rings (SSSR count). The standard InChI is InChI=1S/C12H11N3O4S/c1-14(2)8-4-3-7(5-9(8)15(18)19)6-10-11(16)13-12(17)20-10/h3-6H,1-2H3,(H,13,16,17)/b10-6+. The quantitative estimate of drug-likeness (QED) is 0.520. The minimum atomic E-state index is -0.487. The highest BCUT2D eigenvalue weighted by atomic mass is 32.2. The summed E-state index contributed by atoms with van der Waals surface area (Å²) in [6, 6.07) is 4.63. The second kappa shape index (κ2) is 5.33. The normalized spacial score (nSPS) is 16.4. The van der Waals surface area contributed by atoms with Crippen LogP contribution >= 0.6 is 11.8 Å². The maximum atomic E-state index is 11.4. The number of nitrogens with one attached hydrogen (secondary N) is 1. The molecule has 0 aromatic heterocycles. The van der Waals surface area contributed by atoms with Crippen LogP contribution < -0.4 is 10.2 Å². The summed E-state index contributed by atoms with van der Waals surface area (Å²) < 4.78 is 0. The van der Waals surface area contributed by atoms with Crippen molar-refractivity contribution in [2.75, 3.05) is 19.0 Å². The number of nitrogens with zero attached hydrogens (tertiary/aromatic N) is 2. The minimum Gasteiger partial charge on any atom is -0.372 e. The molecule has 1 heterocycles. The van der Waals surface area contributed by atoms with E-state index in [1.54, 1.807) is 31.1 Å². The van der Waals surface area contributed by atoms with Crippen LogP contribution in [0.25, 0.3) is 6.08 Å². The van der Waals surface area contributed by atoms with Crippen molar-refractivity contribution in [1.82, 2.24) is 5.32 Å². The molecular formula is C12H11N3O4S. The zero-order chi connectivity index (χ0) is 14.9. The molecule has 1 N–H and O–H groups in total. The molecule has 0 aliphatic carbocycles. The van der Waals surface area contributed by atoms with Crippen molar-refractivity contribution in [1.29, 1.82) is 0 Å². The zero-order valence-corrected chi connectivity index (χ0v) is 11.6. The highest BCUT2D eigenvalue weighted by Crippen LogP contribution is 2.31. The van der Waals surface area contributed by atoms with Crippen molar-refractivity contribution in [3.63, 3.8) is 0 Å². The third-order valence-corrected chi connectivity index (χ3v) is 3.43. The molecule has 0 radical (unpaired) electrons. The Hall–Kier alpha value is -2.35. The van der Waals surface area contributed by atoms with E-state index in [-0.39, 0.29) is 10.6 Å². The van der Waals surface area contributed by atoms with E-state index in [9.17, 15) is 19.7 Å². The molecule has 8 heteroatoms. The molecule has 1 aliphatic rings. The second-order valence-electron chi connectivity index (χ2n) is 4.25. The smallest absolute Gasteiger partial charge is 0.293 e. The number of amides is 2. The molecule has 1 aliphatic heterocycles. The van der Waals surface area contributed by atoms with Crippen LogP contribution in [-0.2, 0) is 4.79 Å². The van der Waals surface area contributed by atoms with E-state index < -0.39 is 16.1 Å². The number of hydrogen-bond acceptors (Lipinski definition) is 6. The topological polar surface area (TPSA) is 92.6 Å². The van der Waals surface area contributed by atoms with Crippen molar-refractivity contribution in [3.8, 4) is 0 Å². The van der Waals surface area contributed by atoms with Crippen molar-refractivity contribution in [2.24, 2.45) is 0 Å². The summed E-state index contributed by atoms with van der Waals surface area (Å²) in [5.74, 6) is -0.487. The van der Waals surface area contributed by atoms with Crippen LogP contribution in [0.3, 0.4) is 0 Å². The number of rotatable bonds is 3. The SMILES string of the molecule is CN(C)c1ccc(/C=C2/SC(=O)NC2=O)cc1[N+](=O)[O-]. The van der Waals surface area contributed by atoms with Gasteiger partial charge in [-0.2, -0.15) is 0 Å². The maximum Gasteiger partial charge on any atom is 0.293 e. The highest BCUT2D eigenvalue weighted by Gasteiger charge is 2.25. The zero-order valence-electron chi connectivity index (χ0n) is 10.7. The molecule has 0 bridgehead atoms. The van der Waals surface area contributed by atoms with Crippen LogP contribution in [0.1, 0.15) is 5.56 Å². The highest BCUT2D eigenvalue weighted by molar-refractivity contribution is 8.18. The first-order valence-electron chi connectivity index (χ1n) is 5.59. The lowest BCUT2D eigenvalue weighted by Gasteiger charge is -2.12. The number of hydrogen-bond donors (Lipinski definition) is 1. The number of thioether (sulfide) groups is 1. The molecule has 20 heavy (non-hydrogen) atoms. The summed E-state index contributed by atoms with van der Waals surface area (Å²) in [6.07, 6.45) is 1.46. The van der Waals surface area contributed by atoms with Crippen LogP contribution in [0.5, 0.6) is 0 Å². The molecule has 0 saturated carbocycles. The molecule has 1 saturated heterocycles. The van der Waals surface area contributed by atoms with Crippen molar-refractivity contribution >= 4 is 40.4 Å². The van der Waals surface area contributed by atoms with Gasteiger partial charge < -0.3 is 4.90 Å². The Kier molecular flexibility index (Phi) is 3.75. The Morgan fingerprint density at radius 3 is 2.55 bits per heavy atom. The molecule has 0 unspecified atom stereocenters. The molecule has 0 atom stereocenters. The number of imide groups is 1. The van der Waals surface area contributed by atoms with Gasteiger partial charge >= 0.3 is 0 Å². The summed E-state index contributed by atoms with van der Waals surface area (Å²) >= 11 is 0.775. The fourth-order valence-electron chi connectivity index (χ4n) is 1.73. The van der Waals surface area contributed by atoms with Gasteiger partial charge in [0.15, 0.2) is 0 Å². The maximum absolute atomic E-state index is 11.4. The summed E-state index contributed by atoms with van der Waals surface area (Å²) in [5.41, 5.74) is 0.908. The van der Waals surface area contributed by atoms with E-state index in [0.29, 0.717) is 11.3 Å². The van der Waals surface area contributed by atoms with Gasteiger partial charge in [-0.3, -0.25) is 25.0 Å². The number of carbonyl (C=O) groups excluding carboxylic acids is 2. The average molecular weight is 293 g/mol. The predicted octanol–water partition coefficient (Wildman–Crippen LogP) is 1.98. The molecule has 1 aromatic carbocycles. The summed E-state index contributed by atoms with van der Waals surface area (Å²) in [5, 5.41) is 12.7. The summed E-state index contributed by atoms with van der Waals surface area (Å²) in [7, 11) is 3.42. The summed E-state index contributed by atoms with van der Waals surface area (Å²) in [4.78, 5) is 34.9. The first-order chi connectivity index (χ1) is 9.38. The van der Waals surface area contributed by atoms with E-state index in [0.717, 1.165) is 11.8 Å². The first kappa shape index (κ1) is 14.1. The van der Waals surface area contributed by atoms with Gasteiger partial charge in [0.2, 0.25) is 0 Å². The van der Waals surface area contributed by atoms with Gasteiger partial charge in [0.25, 0.3) is 16.8 Å². The van der Waals surface area contributed by atoms with E-state index in [1.807, 2.05) is 0 Å². The van der Waals surface area contributed by atoms with Crippen LogP contribution in [0.4, 0.5) is 16.2 Å². The average Bonchev–Trinajstić information content (AvgIpc) is 2.67. The molecule has 1 aromatic rings. The van der Waals surface area contributed by atoms with Gasteiger partial charge in [-0.25, -0.2) is 0 Å². The van der Waals surface area contributed by atoms with Crippen LogP contribution in [0.2, 0.25) is 0 Å². The lowest BCUT2D eigenvalue weighted by atomic mass is 10.1. The van der Waals surface area contributed by atoms with Gasteiger partial charge in [0.05, 0.1) is 9.83 Å². The van der Waals surface area contributed by atoms with Crippen LogP contribution in [0, 0.1) is 10.1 Å². The van der Waals surface area contributed by atoms with E-state index in [1.165, 1.54) is 12.1 Å². The lowest BCUT2D eigenvalue weighted by molar-refractivity contribution is -0.384. The molecule has 2 amide bonds. The molecular weight excluding hydrogens is 282 g/mol. The number of carbonyl (C=O) groups is 2. The molecule has 1 fully saturated rings. The monoisotopic (exact) mass is 293 g/mol. The van der Waals surface area contributed by atoms with Gasteiger partial charge in [-0.05, 0) is 29.5 Å². The van der Waals surface area contributed by atoms with Crippen molar-refractivity contribution in [2.45, 2.75) is 0 Å². The fourth-order valence-corrected chi connectivity index (χ4v) is 2.41. The first-order valence-corrected chi connectivity index (χ1v) is 6.41. The Morgan fingerprint density at radius 2 is 2.05 bits per heavy atom. The summed E-state index contributed by atoms with van der Waals surface area (Å²) in [6.45, 7) is 0. The number of benzene rings is 1. The number of anilines is 1. The third-order valence-electron chi connectivity index (χ3n) is 2.62. The molecule has 0 spiro atoms. The van der Waals surface area contributed by atoms with Gasteiger partial charge in [0, 0.05) is 20.2 Å². The molecule has 104 valence electrons. The third kappa shape index (κ3) is 2.80. The number of nitro benzene ring substituents is 1. The van der Waals surface area contributed by atoms with E-state index in [4.69, 9.17) is 0 Å². The largest absolute Gasteiger partial charge is 0.372 e. The van der Waals surface area contributed by atoms with Gasteiger partial charge in [-0.15, -0.1) is 0 Å². The second-order valence-corrected chi connectivity index (χ2v) is 5.27. The lowest BCUT2D eigenvalue weighted by Crippen LogP contribution is -2.17. The minimum absolute atomic E-state index is 0.0564. The van der Waals surface area contributed by atoms with Crippen molar-refractivity contribution in [3.05, 3.63) is 38.8 Å².